The van der Waals surface area contributed by atoms with E-state index in [1.807, 2.05) is 12.1 Å². The van der Waals surface area contributed by atoms with Crippen LogP contribution >= 0.6 is 0 Å². The molecule has 0 unspecified atom stereocenters. The van der Waals surface area contributed by atoms with Crippen molar-refractivity contribution in [3.05, 3.63) is 17.7 Å². The highest BCUT2D eigenvalue weighted by Gasteiger charge is 2.24. The van der Waals surface area contributed by atoms with Gasteiger partial charge in [0.05, 0.1) is 19.3 Å². The van der Waals surface area contributed by atoms with Crippen molar-refractivity contribution in [3.63, 3.8) is 0 Å². The first-order valence-corrected chi connectivity index (χ1v) is 7.00. The molecule has 1 aromatic rings. The van der Waals surface area contributed by atoms with E-state index < -0.39 is 0 Å². The molecule has 0 spiro atoms. The predicted octanol–water partition coefficient (Wildman–Crippen LogP) is 2.03. The average Bonchev–Trinajstić information content (AvgIpc) is 2.84. The fourth-order valence-corrected chi connectivity index (χ4v) is 2.95. The van der Waals surface area contributed by atoms with Gasteiger partial charge in [0.15, 0.2) is 11.5 Å². The summed E-state index contributed by atoms with van der Waals surface area (Å²) >= 11 is 0. The minimum absolute atomic E-state index is 0.265. The fourth-order valence-electron chi connectivity index (χ4n) is 2.95. The van der Waals surface area contributed by atoms with Gasteiger partial charge in [-0.05, 0) is 31.5 Å². The van der Waals surface area contributed by atoms with E-state index in [0.717, 1.165) is 31.1 Å². The lowest BCUT2D eigenvalue weighted by Gasteiger charge is -2.35. The molecule has 0 saturated carbocycles. The van der Waals surface area contributed by atoms with Gasteiger partial charge in [0.1, 0.15) is 0 Å². The van der Waals surface area contributed by atoms with Gasteiger partial charge in [0.2, 0.25) is 12.5 Å². The first-order chi connectivity index (χ1) is 9.65. The summed E-state index contributed by atoms with van der Waals surface area (Å²) in [5.74, 6) is 2.22. The zero-order valence-electron chi connectivity index (χ0n) is 12.2. The van der Waals surface area contributed by atoms with Crippen molar-refractivity contribution in [1.82, 2.24) is 4.90 Å². The topological polar surface area (TPSA) is 40.2 Å². The summed E-state index contributed by atoms with van der Waals surface area (Å²) in [5.41, 5.74) is 1.17. The number of hydrogen-bond acceptors (Lipinski definition) is 5. The molecule has 0 amide bonds. The Labute approximate surface area is 119 Å². The summed E-state index contributed by atoms with van der Waals surface area (Å²) in [5, 5.41) is 0. The number of nitrogens with zero attached hydrogens (tertiary/aromatic N) is 1. The zero-order chi connectivity index (χ0) is 14.1. The molecule has 0 aliphatic carbocycles. The molecule has 2 heterocycles. The molecule has 1 fully saturated rings. The Bertz CT molecular complexity index is 481. The molecule has 0 N–H and O–H groups in total. The van der Waals surface area contributed by atoms with Crippen LogP contribution in [0.4, 0.5) is 0 Å². The molecular weight excluding hydrogens is 258 g/mol. The smallest absolute Gasteiger partial charge is 0.231 e. The number of rotatable bonds is 3. The Morgan fingerprint density at radius 3 is 2.65 bits per heavy atom. The Balaban J connectivity index is 1.77. The van der Waals surface area contributed by atoms with Crippen LogP contribution in [0.5, 0.6) is 17.2 Å². The second kappa shape index (κ2) is 5.50. The number of morpholine rings is 1. The minimum Gasteiger partial charge on any atom is -0.493 e. The summed E-state index contributed by atoms with van der Waals surface area (Å²) in [6.07, 6.45) is 0.546. The second-order valence-corrected chi connectivity index (χ2v) is 5.48. The van der Waals surface area contributed by atoms with Crippen LogP contribution in [-0.4, -0.2) is 44.1 Å². The zero-order valence-corrected chi connectivity index (χ0v) is 12.2. The molecule has 2 aliphatic heterocycles. The standard InChI is InChI=1S/C15H21NO4/c1-10-6-16(7-11(2)20-10)8-12-4-13(17-3)15-14(5-12)18-9-19-15/h4-5,10-11H,6-9H2,1-3H3/t10-,11-/m1/s1. The maximum absolute atomic E-state index is 5.76. The Morgan fingerprint density at radius 1 is 1.20 bits per heavy atom. The summed E-state index contributed by atoms with van der Waals surface area (Å²) in [7, 11) is 1.65. The van der Waals surface area contributed by atoms with Crippen LogP contribution in [0.15, 0.2) is 12.1 Å². The molecule has 2 aliphatic rings. The van der Waals surface area contributed by atoms with Crippen LogP contribution < -0.4 is 14.2 Å². The van der Waals surface area contributed by atoms with Crippen molar-refractivity contribution in [2.45, 2.75) is 32.6 Å². The van der Waals surface area contributed by atoms with Gasteiger partial charge in [-0.25, -0.2) is 0 Å². The largest absolute Gasteiger partial charge is 0.493 e. The van der Waals surface area contributed by atoms with E-state index >= 15 is 0 Å². The Kier molecular flexibility index (Phi) is 3.72. The van der Waals surface area contributed by atoms with Crippen LogP contribution in [-0.2, 0) is 11.3 Å². The summed E-state index contributed by atoms with van der Waals surface area (Å²) in [4.78, 5) is 2.40. The normalized spacial score (nSPS) is 25.8. The van der Waals surface area contributed by atoms with E-state index in [1.54, 1.807) is 7.11 Å². The van der Waals surface area contributed by atoms with Crippen LogP contribution in [0.1, 0.15) is 19.4 Å². The molecule has 0 radical (unpaired) electrons. The van der Waals surface area contributed by atoms with Crippen LogP contribution in [0.2, 0.25) is 0 Å². The first kappa shape index (κ1) is 13.5. The average molecular weight is 279 g/mol. The maximum atomic E-state index is 5.76. The quantitative estimate of drug-likeness (QED) is 0.846. The van der Waals surface area contributed by atoms with Crippen LogP contribution in [0.25, 0.3) is 0 Å². The lowest BCUT2D eigenvalue weighted by Crippen LogP contribution is -2.44. The predicted molar refractivity (Wildman–Crippen MR) is 74.4 cm³/mol. The van der Waals surface area contributed by atoms with Gasteiger partial charge in [-0.1, -0.05) is 0 Å². The molecule has 0 aromatic heterocycles. The first-order valence-electron chi connectivity index (χ1n) is 7.00. The molecule has 2 atom stereocenters. The van der Waals surface area contributed by atoms with E-state index in [-0.39, 0.29) is 19.0 Å². The number of fused-ring (bicyclic) bond motifs is 1. The molecule has 3 rings (SSSR count). The van der Waals surface area contributed by atoms with Gasteiger partial charge in [-0.3, -0.25) is 4.90 Å². The van der Waals surface area contributed by atoms with E-state index in [9.17, 15) is 0 Å². The number of ether oxygens (including phenoxy) is 4. The molecule has 110 valence electrons. The number of hydrogen-bond donors (Lipinski definition) is 0. The van der Waals surface area contributed by atoms with Crippen molar-refractivity contribution in [1.29, 1.82) is 0 Å². The highest BCUT2D eigenvalue weighted by Crippen LogP contribution is 2.42. The highest BCUT2D eigenvalue weighted by atomic mass is 16.7. The third kappa shape index (κ3) is 2.69. The maximum Gasteiger partial charge on any atom is 0.231 e. The van der Waals surface area contributed by atoms with E-state index in [4.69, 9.17) is 18.9 Å². The highest BCUT2D eigenvalue weighted by molar-refractivity contribution is 5.55. The SMILES string of the molecule is COc1cc(CN2C[C@@H](C)O[C@H](C)C2)cc2c1OCO2. The summed E-state index contributed by atoms with van der Waals surface area (Å²) < 4.78 is 22.0. The fraction of sp³-hybridized carbons (Fsp3) is 0.600. The molecule has 1 saturated heterocycles. The van der Waals surface area contributed by atoms with E-state index in [0.29, 0.717) is 5.75 Å². The van der Waals surface area contributed by atoms with Gasteiger partial charge in [0, 0.05) is 19.6 Å². The molecule has 5 nitrogen and oxygen atoms in total. The number of benzene rings is 1. The summed E-state index contributed by atoms with van der Waals surface area (Å²) in [6.45, 7) is 7.25. The monoisotopic (exact) mass is 279 g/mol. The van der Waals surface area contributed by atoms with E-state index in [1.165, 1.54) is 5.56 Å². The molecule has 5 heteroatoms. The second-order valence-electron chi connectivity index (χ2n) is 5.48. The molecule has 1 aromatic carbocycles. The van der Waals surface area contributed by atoms with Gasteiger partial charge < -0.3 is 18.9 Å². The van der Waals surface area contributed by atoms with E-state index in [2.05, 4.69) is 18.7 Å². The third-order valence-corrected chi connectivity index (χ3v) is 3.62. The molecular formula is C15H21NO4. The summed E-state index contributed by atoms with van der Waals surface area (Å²) in [6, 6.07) is 4.06. The van der Waals surface area contributed by atoms with Crippen LogP contribution in [0, 0.1) is 0 Å². The minimum atomic E-state index is 0.265. The van der Waals surface area contributed by atoms with Crippen LogP contribution in [0.3, 0.4) is 0 Å². The third-order valence-electron chi connectivity index (χ3n) is 3.62. The van der Waals surface area contributed by atoms with Gasteiger partial charge in [0.25, 0.3) is 0 Å². The Morgan fingerprint density at radius 2 is 1.95 bits per heavy atom. The lowest BCUT2D eigenvalue weighted by molar-refractivity contribution is -0.0705. The van der Waals surface area contributed by atoms with Gasteiger partial charge >= 0.3 is 0 Å². The van der Waals surface area contributed by atoms with Crippen molar-refractivity contribution >= 4 is 0 Å². The lowest BCUT2D eigenvalue weighted by atomic mass is 10.1. The number of methoxy groups -OCH3 is 1. The van der Waals surface area contributed by atoms with Gasteiger partial charge in [-0.15, -0.1) is 0 Å². The Hall–Kier alpha value is -1.46. The van der Waals surface area contributed by atoms with Gasteiger partial charge in [-0.2, -0.15) is 0 Å². The van der Waals surface area contributed by atoms with Crippen molar-refractivity contribution in [2.75, 3.05) is 27.0 Å². The molecule has 0 bridgehead atoms. The van der Waals surface area contributed by atoms with Crippen molar-refractivity contribution in [2.24, 2.45) is 0 Å². The van der Waals surface area contributed by atoms with Crippen molar-refractivity contribution < 1.29 is 18.9 Å². The van der Waals surface area contributed by atoms with Crippen molar-refractivity contribution in [3.8, 4) is 17.2 Å². The molecule has 20 heavy (non-hydrogen) atoms.